The summed E-state index contributed by atoms with van der Waals surface area (Å²) in [5.41, 5.74) is 1.85. The zero-order valence-electron chi connectivity index (χ0n) is 11.9. The van der Waals surface area contributed by atoms with Crippen molar-refractivity contribution in [3.63, 3.8) is 0 Å². The van der Waals surface area contributed by atoms with Gasteiger partial charge in [0.25, 0.3) is 0 Å². The quantitative estimate of drug-likeness (QED) is 0.915. The first-order valence-electron chi connectivity index (χ1n) is 6.62. The van der Waals surface area contributed by atoms with Gasteiger partial charge >= 0.3 is 0 Å². The van der Waals surface area contributed by atoms with Crippen LogP contribution in [0.3, 0.4) is 0 Å². The first-order chi connectivity index (χ1) is 9.65. The molecule has 2 aromatic rings. The summed E-state index contributed by atoms with van der Waals surface area (Å²) in [5, 5.41) is 11.9. The highest BCUT2D eigenvalue weighted by Crippen LogP contribution is 2.25. The fourth-order valence-corrected chi connectivity index (χ4v) is 2.09. The minimum absolute atomic E-state index is 0.472. The lowest BCUT2D eigenvalue weighted by atomic mass is 10.2. The molecule has 1 aromatic heterocycles. The Bertz CT molecular complexity index is 584. The molecule has 0 atom stereocenters. The van der Waals surface area contributed by atoms with Crippen molar-refractivity contribution in [3.8, 4) is 0 Å². The fraction of sp³-hybridized carbons (Fsp3) is 0.357. The Morgan fingerprint density at radius 2 is 2.00 bits per heavy atom. The SMILES string of the molecule is CCN(CC)c1cnnc(Nc2cccc(Cl)c2C)n1. The van der Waals surface area contributed by atoms with Gasteiger partial charge in [-0.1, -0.05) is 17.7 Å². The highest BCUT2D eigenvalue weighted by Gasteiger charge is 2.08. The standard InChI is InChI=1S/C14H18ClN5/c1-4-20(5-2)13-9-16-19-14(18-13)17-12-8-6-7-11(15)10(12)3/h6-9H,4-5H2,1-3H3,(H,17,18,19). The number of nitrogens with one attached hydrogen (secondary N) is 1. The molecule has 106 valence electrons. The van der Waals surface area contributed by atoms with Crippen LogP contribution in [0.4, 0.5) is 17.5 Å². The van der Waals surface area contributed by atoms with Gasteiger partial charge in [-0.3, -0.25) is 0 Å². The van der Waals surface area contributed by atoms with Crippen LogP contribution >= 0.6 is 11.6 Å². The van der Waals surface area contributed by atoms with E-state index in [0.29, 0.717) is 11.0 Å². The average molecular weight is 292 g/mol. The van der Waals surface area contributed by atoms with Crippen molar-refractivity contribution in [2.45, 2.75) is 20.8 Å². The molecule has 0 bridgehead atoms. The summed E-state index contributed by atoms with van der Waals surface area (Å²) in [6.45, 7) is 7.88. The van der Waals surface area contributed by atoms with Crippen LogP contribution < -0.4 is 10.2 Å². The van der Waals surface area contributed by atoms with Gasteiger partial charge in [0, 0.05) is 23.8 Å². The molecule has 0 aliphatic rings. The maximum absolute atomic E-state index is 6.10. The van der Waals surface area contributed by atoms with Crippen molar-refractivity contribution >= 4 is 29.1 Å². The maximum Gasteiger partial charge on any atom is 0.249 e. The first kappa shape index (κ1) is 14.5. The molecule has 1 aromatic carbocycles. The van der Waals surface area contributed by atoms with E-state index in [1.54, 1.807) is 6.20 Å². The number of benzene rings is 1. The average Bonchev–Trinajstić information content (AvgIpc) is 2.46. The minimum Gasteiger partial charge on any atom is -0.356 e. The molecule has 5 nitrogen and oxygen atoms in total. The molecule has 0 fully saturated rings. The summed E-state index contributed by atoms with van der Waals surface area (Å²) in [5.74, 6) is 1.28. The third-order valence-corrected chi connectivity index (χ3v) is 3.56. The van der Waals surface area contributed by atoms with Crippen LogP contribution in [-0.2, 0) is 0 Å². The summed E-state index contributed by atoms with van der Waals surface area (Å²) in [6, 6.07) is 5.68. The van der Waals surface area contributed by atoms with E-state index in [4.69, 9.17) is 11.6 Å². The Kier molecular flexibility index (Phi) is 4.74. The fourth-order valence-electron chi connectivity index (χ4n) is 1.91. The van der Waals surface area contributed by atoms with Crippen LogP contribution in [-0.4, -0.2) is 28.3 Å². The van der Waals surface area contributed by atoms with E-state index < -0.39 is 0 Å². The molecule has 0 saturated carbocycles. The van der Waals surface area contributed by atoms with Crippen molar-refractivity contribution in [2.75, 3.05) is 23.3 Å². The predicted octanol–water partition coefficient (Wildman–Crippen LogP) is 3.42. The second kappa shape index (κ2) is 6.52. The van der Waals surface area contributed by atoms with Crippen molar-refractivity contribution in [1.82, 2.24) is 15.2 Å². The number of rotatable bonds is 5. The van der Waals surface area contributed by atoms with Crippen molar-refractivity contribution < 1.29 is 0 Å². The largest absolute Gasteiger partial charge is 0.356 e. The maximum atomic E-state index is 6.10. The second-order valence-corrected chi connectivity index (χ2v) is 4.76. The van der Waals surface area contributed by atoms with Crippen LogP contribution in [0.5, 0.6) is 0 Å². The summed E-state index contributed by atoms with van der Waals surface area (Å²) < 4.78 is 0. The molecule has 2 rings (SSSR count). The molecular formula is C14H18ClN5. The van der Waals surface area contributed by atoms with Gasteiger partial charge in [-0.2, -0.15) is 10.1 Å². The van der Waals surface area contributed by atoms with Gasteiger partial charge in [-0.25, -0.2) is 0 Å². The molecule has 0 saturated heterocycles. The lowest BCUT2D eigenvalue weighted by Gasteiger charge is -2.19. The smallest absolute Gasteiger partial charge is 0.249 e. The molecule has 1 N–H and O–H groups in total. The van der Waals surface area contributed by atoms with Gasteiger partial charge in [0.2, 0.25) is 5.95 Å². The number of hydrogen-bond acceptors (Lipinski definition) is 5. The number of hydrogen-bond donors (Lipinski definition) is 1. The molecule has 0 radical (unpaired) electrons. The minimum atomic E-state index is 0.472. The van der Waals surface area contributed by atoms with Gasteiger partial charge in [0.1, 0.15) is 0 Å². The van der Waals surface area contributed by atoms with Crippen LogP contribution in [0.2, 0.25) is 5.02 Å². The van der Waals surface area contributed by atoms with E-state index in [1.165, 1.54) is 0 Å². The topological polar surface area (TPSA) is 53.9 Å². The van der Waals surface area contributed by atoms with Gasteiger partial charge < -0.3 is 10.2 Å². The first-order valence-corrected chi connectivity index (χ1v) is 7.00. The molecule has 20 heavy (non-hydrogen) atoms. The van der Waals surface area contributed by atoms with E-state index in [9.17, 15) is 0 Å². The zero-order valence-corrected chi connectivity index (χ0v) is 12.6. The Morgan fingerprint density at radius 1 is 1.25 bits per heavy atom. The molecule has 0 amide bonds. The van der Waals surface area contributed by atoms with Gasteiger partial charge in [0.05, 0.1) is 6.20 Å². The van der Waals surface area contributed by atoms with Crippen LogP contribution in [0, 0.1) is 6.92 Å². The van der Waals surface area contributed by atoms with E-state index in [1.807, 2.05) is 25.1 Å². The van der Waals surface area contributed by atoms with Crippen LogP contribution in [0.1, 0.15) is 19.4 Å². The number of halogens is 1. The molecule has 6 heteroatoms. The molecule has 0 spiro atoms. The monoisotopic (exact) mass is 291 g/mol. The van der Waals surface area contributed by atoms with Gasteiger partial charge in [-0.15, -0.1) is 5.10 Å². The van der Waals surface area contributed by atoms with E-state index in [2.05, 4.69) is 39.2 Å². The predicted molar refractivity (Wildman–Crippen MR) is 82.9 cm³/mol. The zero-order chi connectivity index (χ0) is 14.5. The normalized spacial score (nSPS) is 10.4. The Morgan fingerprint density at radius 3 is 2.70 bits per heavy atom. The highest BCUT2D eigenvalue weighted by molar-refractivity contribution is 6.31. The summed E-state index contributed by atoms with van der Waals surface area (Å²) >= 11 is 6.10. The van der Waals surface area contributed by atoms with Gasteiger partial charge in [-0.05, 0) is 38.5 Å². The molecule has 0 aliphatic carbocycles. The Hall–Kier alpha value is -1.88. The Balaban J connectivity index is 2.26. The number of nitrogens with zero attached hydrogens (tertiary/aromatic N) is 4. The van der Waals surface area contributed by atoms with Crippen molar-refractivity contribution in [2.24, 2.45) is 0 Å². The van der Waals surface area contributed by atoms with Gasteiger partial charge in [0.15, 0.2) is 5.82 Å². The third kappa shape index (κ3) is 3.17. The highest BCUT2D eigenvalue weighted by atomic mass is 35.5. The van der Waals surface area contributed by atoms with Crippen LogP contribution in [0.25, 0.3) is 0 Å². The van der Waals surface area contributed by atoms with Crippen molar-refractivity contribution in [1.29, 1.82) is 0 Å². The van der Waals surface area contributed by atoms with E-state index in [-0.39, 0.29) is 0 Å². The van der Waals surface area contributed by atoms with Crippen LogP contribution in [0.15, 0.2) is 24.4 Å². The summed E-state index contributed by atoms with van der Waals surface area (Å²) in [7, 11) is 0. The molecule has 0 unspecified atom stereocenters. The summed E-state index contributed by atoms with van der Waals surface area (Å²) in [4.78, 5) is 6.59. The number of aromatic nitrogens is 3. The van der Waals surface area contributed by atoms with E-state index >= 15 is 0 Å². The third-order valence-electron chi connectivity index (χ3n) is 3.15. The lowest BCUT2D eigenvalue weighted by molar-refractivity contribution is 0.826. The Labute approximate surface area is 124 Å². The second-order valence-electron chi connectivity index (χ2n) is 4.35. The van der Waals surface area contributed by atoms with Crippen molar-refractivity contribution in [3.05, 3.63) is 35.0 Å². The molecular weight excluding hydrogens is 274 g/mol. The summed E-state index contributed by atoms with van der Waals surface area (Å²) in [6.07, 6.45) is 1.67. The number of anilines is 3. The van der Waals surface area contributed by atoms with E-state index in [0.717, 1.165) is 30.2 Å². The lowest BCUT2D eigenvalue weighted by Crippen LogP contribution is -2.23. The molecule has 1 heterocycles. The molecule has 0 aliphatic heterocycles.